The van der Waals surface area contributed by atoms with Crippen LogP contribution in [0, 0.1) is 0 Å². The number of aromatic nitrogens is 2. The Hall–Kier alpha value is -2.01. The van der Waals surface area contributed by atoms with Gasteiger partial charge in [0.15, 0.2) is 0 Å². The molecule has 0 radical (unpaired) electrons. The third-order valence-electron chi connectivity index (χ3n) is 2.62. The molecule has 19 heavy (non-hydrogen) atoms. The highest BCUT2D eigenvalue weighted by atomic mass is 35.5. The van der Waals surface area contributed by atoms with Gasteiger partial charge in [0.2, 0.25) is 0 Å². The van der Waals surface area contributed by atoms with E-state index in [2.05, 4.69) is 15.3 Å². The maximum absolute atomic E-state index is 11.9. The number of carbonyl (C=O) groups is 1. The summed E-state index contributed by atoms with van der Waals surface area (Å²) in [6.07, 6.45) is 3.44. The van der Waals surface area contributed by atoms with Crippen molar-refractivity contribution < 1.29 is 4.79 Å². The molecule has 0 saturated heterocycles. The van der Waals surface area contributed by atoms with Crippen LogP contribution in [0.4, 0.5) is 5.69 Å². The molecule has 0 aliphatic heterocycles. The maximum atomic E-state index is 11.9. The minimum absolute atomic E-state index is 0.0577. The van der Waals surface area contributed by atoms with Gasteiger partial charge in [0, 0.05) is 32.1 Å². The number of halogens is 1. The summed E-state index contributed by atoms with van der Waals surface area (Å²) in [5.74, 6) is 0.748. The van der Waals surface area contributed by atoms with E-state index in [1.807, 2.05) is 0 Å². The van der Waals surface area contributed by atoms with E-state index >= 15 is 0 Å². The fourth-order valence-electron chi connectivity index (χ4n) is 1.63. The predicted octanol–water partition coefficient (Wildman–Crippen LogP) is 2.38. The first-order valence-corrected chi connectivity index (χ1v) is 6.19. The van der Waals surface area contributed by atoms with Gasteiger partial charge in [0.05, 0.1) is 17.3 Å². The molecular weight excluding hydrogens is 264 g/mol. The molecule has 0 aliphatic rings. The molecule has 0 atom stereocenters. The maximum Gasteiger partial charge on any atom is 0.253 e. The van der Waals surface area contributed by atoms with Crippen LogP contribution in [0.3, 0.4) is 0 Å². The fourth-order valence-corrected chi connectivity index (χ4v) is 1.81. The molecule has 2 rings (SSSR count). The zero-order valence-electron chi connectivity index (χ0n) is 10.8. The first-order chi connectivity index (χ1) is 9.08. The van der Waals surface area contributed by atoms with E-state index in [4.69, 9.17) is 11.6 Å². The van der Waals surface area contributed by atoms with Gasteiger partial charge in [-0.25, -0.2) is 4.98 Å². The van der Waals surface area contributed by atoms with Crippen molar-refractivity contribution in [3.8, 4) is 0 Å². The van der Waals surface area contributed by atoms with Crippen molar-refractivity contribution in [3.63, 3.8) is 0 Å². The van der Waals surface area contributed by atoms with E-state index in [-0.39, 0.29) is 5.91 Å². The third kappa shape index (κ3) is 3.26. The molecule has 100 valence electrons. The van der Waals surface area contributed by atoms with Crippen LogP contribution in [0.1, 0.15) is 16.2 Å². The van der Waals surface area contributed by atoms with E-state index in [0.717, 1.165) is 5.82 Å². The number of H-pyrrole nitrogens is 1. The molecular formula is C13H15ClN4O. The van der Waals surface area contributed by atoms with Crippen molar-refractivity contribution in [1.29, 1.82) is 0 Å². The first kappa shape index (κ1) is 13.4. The molecule has 1 aromatic heterocycles. The minimum atomic E-state index is -0.0577. The molecule has 6 heteroatoms. The Morgan fingerprint density at radius 1 is 1.47 bits per heavy atom. The van der Waals surface area contributed by atoms with Gasteiger partial charge < -0.3 is 15.2 Å². The molecule has 1 heterocycles. The van der Waals surface area contributed by atoms with E-state index < -0.39 is 0 Å². The summed E-state index contributed by atoms with van der Waals surface area (Å²) < 4.78 is 0. The Balaban J connectivity index is 2.15. The highest BCUT2D eigenvalue weighted by molar-refractivity contribution is 6.33. The van der Waals surface area contributed by atoms with E-state index in [9.17, 15) is 4.79 Å². The van der Waals surface area contributed by atoms with Crippen molar-refractivity contribution in [1.82, 2.24) is 14.9 Å². The van der Waals surface area contributed by atoms with Gasteiger partial charge in [-0.1, -0.05) is 11.6 Å². The number of benzene rings is 1. The van der Waals surface area contributed by atoms with Crippen LogP contribution in [0.5, 0.6) is 0 Å². The largest absolute Gasteiger partial charge is 0.377 e. The summed E-state index contributed by atoms with van der Waals surface area (Å²) in [5.41, 5.74) is 1.31. The second-order valence-electron chi connectivity index (χ2n) is 4.28. The first-order valence-electron chi connectivity index (χ1n) is 5.81. The lowest BCUT2D eigenvalue weighted by molar-refractivity contribution is 0.0827. The summed E-state index contributed by atoms with van der Waals surface area (Å²) >= 11 is 6.10. The smallest absolute Gasteiger partial charge is 0.253 e. The number of hydrogen-bond acceptors (Lipinski definition) is 3. The Morgan fingerprint density at radius 2 is 2.26 bits per heavy atom. The molecule has 2 N–H and O–H groups in total. The molecule has 0 spiro atoms. The number of anilines is 1. The SMILES string of the molecule is CN(C)C(=O)c1ccc(Cl)c(NCc2ncc[nH]2)c1. The molecule has 5 nitrogen and oxygen atoms in total. The minimum Gasteiger partial charge on any atom is -0.377 e. The molecule has 1 aromatic carbocycles. The lowest BCUT2D eigenvalue weighted by Crippen LogP contribution is -2.21. The Kier molecular flexibility index (Phi) is 4.06. The van der Waals surface area contributed by atoms with Crippen molar-refractivity contribution >= 4 is 23.2 Å². The van der Waals surface area contributed by atoms with Gasteiger partial charge in [-0.15, -0.1) is 0 Å². The van der Waals surface area contributed by atoms with E-state index in [1.54, 1.807) is 44.7 Å². The summed E-state index contributed by atoms with van der Waals surface area (Å²) in [6, 6.07) is 5.17. The summed E-state index contributed by atoms with van der Waals surface area (Å²) in [4.78, 5) is 20.5. The Labute approximate surface area is 116 Å². The quantitative estimate of drug-likeness (QED) is 0.903. The molecule has 0 fully saturated rings. The van der Waals surface area contributed by atoms with Crippen LogP contribution in [0.2, 0.25) is 5.02 Å². The average molecular weight is 279 g/mol. The molecule has 0 unspecified atom stereocenters. The number of nitrogens with one attached hydrogen (secondary N) is 2. The van der Waals surface area contributed by atoms with E-state index in [0.29, 0.717) is 22.8 Å². The van der Waals surface area contributed by atoms with Crippen LogP contribution < -0.4 is 5.32 Å². The number of rotatable bonds is 4. The van der Waals surface area contributed by atoms with Gasteiger partial charge in [0.25, 0.3) is 5.91 Å². The summed E-state index contributed by atoms with van der Waals surface area (Å²) in [6.45, 7) is 0.520. The van der Waals surface area contributed by atoms with Gasteiger partial charge in [0.1, 0.15) is 5.82 Å². The van der Waals surface area contributed by atoms with Crippen LogP contribution in [0.15, 0.2) is 30.6 Å². The number of nitrogens with zero attached hydrogens (tertiary/aromatic N) is 2. The lowest BCUT2D eigenvalue weighted by Gasteiger charge is -2.13. The van der Waals surface area contributed by atoms with Gasteiger partial charge in [-0.05, 0) is 18.2 Å². The van der Waals surface area contributed by atoms with Gasteiger partial charge >= 0.3 is 0 Å². The van der Waals surface area contributed by atoms with Crippen molar-refractivity contribution in [2.45, 2.75) is 6.54 Å². The Bertz CT molecular complexity index is 566. The second kappa shape index (κ2) is 5.75. The molecule has 2 aromatic rings. The number of carbonyl (C=O) groups excluding carboxylic acids is 1. The summed E-state index contributed by atoms with van der Waals surface area (Å²) in [5, 5.41) is 3.72. The topological polar surface area (TPSA) is 61.0 Å². The number of amides is 1. The monoisotopic (exact) mass is 278 g/mol. The van der Waals surface area contributed by atoms with Crippen LogP contribution in [-0.4, -0.2) is 34.9 Å². The molecule has 0 saturated carbocycles. The zero-order chi connectivity index (χ0) is 13.8. The fraction of sp³-hybridized carbons (Fsp3) is 0.231. The lowest BCUT2D eigenvalue weighted by atomic mass is 10.2. The van der Waals surface area contributed by atoms with Crippen LogP contribution in [-0.2, 0) is 6.54 Å². The summed E-state index contributed by atoms with van der Waals surface area (Å²) in [7, 11) is 3.43. The Morgan fingerprint density at radius 3 is 2.89 bits per heavy atom. The second-order valence-corrected chi connectivity index (χ2v) is 4.69. The van der Waals surface area contributed by atoms with Crippen molar-refractivity contribution in [2.75, 3.05) is 19.4 Å². The van der Waals surface area contributed by atoms with Crippen molar-refractivity contribution in [2.24, 2.45) is 0 Å². The predicted molar refractivity (Wildman–Crippen MR) is 75.4 cm³/mol. The number of aromatic amines is 1. The number of hydrogen-bond donors (Lipinski definition) is 2. The van der Waals surface area contributed by atoms with Crippen LogP contribution in [0.25, 0.3) is 0 Å². The van der Waals surface area contributed by atoms with Gasteiger partial charge in [-0.2, -0.15) is 0 Å². The van der Waals surface area contributed by atoms with Crippen molar-refractivity contribution in [3.05, 3.63) is 47.0 Å². The number of imidazole rings is 1. The third-order valence-corrected chi connectivity index (χ3v) is 2.95. The highest BCUT2D eigenvalue weighted by Gasteiger charge is 2.10. The normalized spacial score (nSPS) is 10.3. The zero-order valence-corrected chi connectivity index (χ0v) is 11.5. The van der Waals surface area contributed by atoms with Crippen LogP contribution >= 0.6 is 11.6 Å². The molecule has 1 amide bonds. The molecule has 0 aliphatic carbocycles. The highest BCUT2D eigenvalue weighted by Crippen LogP contribution is 2.23. The molecule has 0 bridgehead atoms. The van der Waals surface area contributed by atoms with E-state index in [1.165, 1.54) is 4.90 Å². The van der Waals surface area contributed by atoms with Gasteiger partial charge in [-0.3, -0.25) is 4.79 Å². The standard InChI is InChI=1S/C13H15ClN4O/c1-18(2)13(19)9-3-4-10(14)11(7-9)17-8-12-15-5-6-16-12/h3-7,17H,8H2,1-2H3,(H,15,16). The average Bonchev–Trinajstić information content (AvgIpc) is 2.90.